The SMILES string of the molecule is CC(C)[C@H](NC(=O)c1cnn(Cc2ccccc2)c1)c1ccc(F)cc1. The average Bonchev–Trinajstić information content (AvgIpc) is 3.10. The molecule has 0 saturated carbocycles. The van der Waals surface area contributed by atoms with Crippen LogP contribution in [0.2, 0.25) is 0 Å². The highest BCUT2D eigenvalue weighted by Crippen LogP contribution is 2.22. The minimum atomic E-state index is -0.287. The smallest absolute Gasteiger partial charge is 0.254 e. The van der Waals surface area contributed by atoms with Gasteiger partial charge >= 0.3 is 0 Å². The lowest BCUT2D eigenvalue weighted by atomic mass is 9.96. The van der Waals surface area contributed by atoms with Gasteiger partial charge < -0.3 is 5.32 Å². The Kier molecular flexibility index (Phi) is 5.46. The summed E-state index contributed by atoms with van der Waals surface area (Å²) in [7, 11) is 0. The van der Waals surface area contributed by atoms with E-state index in [1.807, 2.05) is 44.2 Å². The number of benzene rings is 2. The van der Waals surface area contributed by atoms with Gasteiger partial charge in [0.2, 0.25) is 0 Å². The number of aromatic nitrogens is 2. The first kappa shape index (κ1) is 17.9. The third kappa shape index (κ3) is 4.36. The molecule has 1 amide bonds. The summed E-state index contributed by atoms with van der Waals surface area (Å²) in [5, 5.41) is 7.31. The van der Waals surface area contributed by atoms with E-state index in [1.165, 1.54) is 12.1 Å². The predicted molar refractivity (Wildman–Crippen MR) is 99.2 cm³/mol. The first-order chi connectivity index (χ1) is 12.5. The number of hydrogen-bond donors (Lipinski definition) is 1. The van der Waals surface area contributed by atoms with E-state index in [0.29, 0.717) is 12.1 Å². The van der Waals surface area contributed by atoms with E-state index in [4.69, 9.17) is 0 Å². The molecule has 5 heteroatoms. The fourth-order valence-corrected chi connectivity index (χ4v) is 2.87. The van der Waals surface area contributed by atoms with Crippen LogP contribution >= 0.6 is 0 Å². The van der Waals surface area contributed by atoms with Gasteiger partial charge in [0.25, 0.3) is 5.91 Å². The standard InChI is InChI=1S/C21H22FN3O/c1-15(2)20(17-8-10-19(22)11-9-17)24-21(26)18-12-23-25(14-18)13-16-6-4-3-5-7-16/h3-12,14-15,20H,13H2,1-2H3,(H,24,26)/t20-/m0/s1. The van der Waals surface area contributed by atoms with Gasteiger partial charge in [-0.25, -0.2) is 4.39 Å². The second-order valence-electron chi connectivity index (χ2n) is 6.66. The summed E-state index contributed by atoms with van der Waals surface area (Å²) >= 11 is 0. The first-order valence-electron chi connectivity index (χ1n) is 8.65. The Hall–Kier alpha value is -2.95. The molecule has 26 heavy (non-hydrogen) atoms. The molecule has 0 aliphatic heterocycles. The van der Waals surface area contributed by atoms with Crippen LogP contribution in [0, 0.1) is 11.7 Å². The van der Waals surface area contributed by atoms with Crippen molar-refractivity contribution in [3.8, 4) is 0 Å². The Labute approximate surface area is 152 Å². The average molecular weight is 351 g/mol. The number of nitrogens with one attached hydrogen (secondary N) is 1. The normalized spacial score (nSPS) is 12.2. The van der Waals surface area contributed by atoms with Crippen LogP contribution in [0.1, 0.15) is 41.4 Å². The molecule has 3 aromatic rings. The third-order valence-corrected chi connectivity index (χ3v) is 4.27. The largest absolute Gasteiger partial charge is 0.345 e. The second kappa shape index (κ2) is 7.95. The molecule has 0 fully saturated rings. The van der Waals surface area contributed by atoms with Gasteiger partial charge in [0.15, 0.2) is 0 Å². The summed E-state index contributed by atoms with van der Waals surface area (Å²) in [5.41, 5.74) is 2.51. The Bertz CT molecular complexity index is 856. The number of carbonyl (C=O) groups excluding carboxylic acids is 1. The van der Waals surface area contributed by atoms with E-state index in [-0.39, 0.29) is 23.7 Å². The Balaban J connectivity index is 1.71. The Morgan fingerprint density at radius 1 is 1.12 bits per heavy atom. The molecule has 1 N–H and O–H groups in total. The molecule has 1 atom stereocenters. The van der Waals surface area contributed by atoms with Crippen molar-refractivity contribution in [1.29, 1.82) is 0 Å². The first-order valence-corrected chi connectivity index (χ1v) is 8.65. The number of rotatable bonds is 6. The van der Waals surface area contributed by atoms with Crippen molar-refractivity contribution in [1.82, 2.24) is 15.1 Å². The highest BCUT2D eigenvalue weighted by Gasteiger charge is 2.20. The van der Waals surface area contributed by atoms with Crippen LogP contribution < -0.4 is 5.32 Å². The molecule has 0 bridgehead atoms. The third-order valence-electron chi connectivity index (χ3n) is 4.27. The van der Waals surface area contributed by atoms with Crippen LogP contribution in [-0.2, 0) is 6.54 Å². The van der Waals surface area contributed by atoms with Crippen LogP contribution in [-0.4, -0.2) is 15.7 Å². The van der Waals surface area contributed by atoms with E-state index in [2.05, 4.69) is 10.4 Å². The molecule has 0 saturated heterocycles. The summed E-state index contributed by atoms with van der Waals surface area (Å²) < 4.78 is 14.9. The van der Waals surface area contributed by atoms with Gasteiger partial charge in [-0.05, 0) is 29.2 Å². The van der Waals surface area contributed by atoms with E-state index in [0.717, 1.165) is 11.1 Å². The summed E-state index contributed by atoms with van der Waals surface area (Å²) in [6.45, 7) is 4.65. The molecule has 3 rings (SSSR count). The number of halogens is 1. The van der Waals surface area contributed by atoms with E-state index in [9.17, 15) is 9.18 Å². The van der Waals surface area contributed by atoms with Crippen molar-refractivity contribution in [3.63, 3.8) is 0 Å². The molecule has 0 spiro atoms. The van der Waals surface area contributed by atoms with Crippen molar-refractivity contribution in [2.24, 2.45) is 5.92 Å². The quantitative estimate of drug-likeness (QED) is 0.723. The van der Waals surface area contributed by atoms with Crippen LogP contribution in [0.4, 0.5) is 4.39 Å². The van der Waals surface area contributed by atoms with Crippen LogP contribution in [0.5, 0.6) is 0 Å². The van der Waals surface area contributed by atoms with Gasteiger partial charge in [-0.15, -0.1) is 0 Å². The van der Waals surface area contributed by atoms with Crippen molar-refractivity contribution in [3.05, 3.63) is 89.5 Å². The lowest BCUT2D eigenvalue weighted by Crippen LogP contribution is -2.31. The zero-order valence-corrected chi connectivity index (χ0v) is 14.9. The topological polar surface area (TPSA) is 46.9 Å². The number of nitrogens with zero attached hydrogens (tertiary/aromatic N) is 2. The summed E-state index contributed by atoms with van der Waals surface area (Å²) in [6.07, 6.45) is 3.31. The Morgan fingerprint density at radius 2 is 1.81 bits per heavy atom. The van der Waals surface area contributed by atoms with Crippen molar-refractivity contribution in [2.45, 2.75) is 26.4 Å². The molecule has 1 aromatic heterocycles. The minimum absolute atomic E-state index is 0.170. The lowest BCUT2D eigenvalue weighted by molar-refractivity contribution is 0.0925. The fourth-order valence-electron chi connectivity index (χ4n) is 2.87. The van der Waals surface area contributed by atoms with Crippen molar-refractivity contribution >= 4 is 5.91 Å². The maximum atomic E-state index is 13.2. The molecule has 0 aliphatic carbocycles. The highest BCUT2D eigenvalue weighted by molar-refractivity contribution is 5.94. The van der Waals surface area contributed by atoms with Crippen LogP contribution in [0.25, 0.3) is 0 Å². The highest BCUT2D eigenvalue weighted by atomic mass is 19.1. The summed E-state index contributed by atoms with van der Waals surface area (Å²) in [6, 6.07) is 16.0. The predicted octanol–water partition coefficient (Wildman–Crippen LogP) is 4.20. The van der Waals surface area contributed by atoms with Gasteiger partial charge in [-0.3, -0.25) is 9.48 Å². The minimum Gasteiger partial charge on any atom is -0.345 e. The number of carbonyl (C=O) groups is 1. The molecule has 0 aliphatic rings. The van der Waals surface area contributed by atoms with E-state index in [1.54, 1.807) is 29.2 Å². The molecule has 2 aromatic carbocycles. The van der Waals surface area contributed by atoms with E-state index < -0.39 is 0 Å². The van der Waals surface area contributed by atoms with Gasteiger partial charge in [-0.2, -0.15) is 5.10 Å². The van der Waals surface area contributed by atoms with Crippen LogP contribution in [0.15, 0.2) is 67.0 Å². The molecule has 1 heterocycles. The lowest BCUT2D eigenvalue weighted by Gasteiger charge is -2.22. The summed E-state index contributed by atoms with van der Waals surface area (Å²) in [5.74, 6) is -0.305. The molecule has 134 valence electrons. The molecular weight excluding hydrogens is 329 g/mol. The second-order valence-corrected chi connectivity index (χ2v) is 6.66. The van der Waals surface area contributed by atoms with Crippen LogP contribution in [0.3, 0.4) is 0 Å². The molecular formula is C21H22FN3O. The maximum absolute atomic E-state index is 13.2. The van der Waals surface area contributed by atoms with E-state index >= 15 is 0 Å². The zero-order chi connectivity index (χ0) is 18.5. The van der Waals surface area contributed by atoms with Gasteiger partial charge in [0.1, 0.15) is 5.82 Å². The molecule has 0 unspecified atom stereocenters. The summed E-state index contributed by atoms with van der Waals surface area (Å²) in [4.78, 5) is 12.6. The monoisotopic (exact) mass is 351 g/mol. The van der Waals surface area contributed by atoms with Gasteiger partial charge in [0, 0.05) is 6.20 Å². The molecule has 4 nitrogen and oxygen atoms in total. The number of hydrogen-bond acceptors (Lipinski definition) is 2. The maximum Gasteiger partial charge on any atom is 0.254 e. The van der Waals surface area contributed by atoms with Gasteiger partial charge in [-0.1, -0.05) is 56.3 Å². The zero-order valence-electron chi connectivity index (χ0n) is 14.9. The number of amides is 1. The fraction of sp³-hybridized carbons (Fsp3) is 0.238. The molecule has 0 radical (unpaired) electrons. The van der Waals surface area contributed by atoms with Gasteiger partial charge in [0.05, 0.1) is 24.3 Å². The Morgan fingerprint density at radius 3 is 2.46 bits per heavy atom. The van der Waals surface area contributed by atoms with Crippen molar-refractivity contribution < 1.29 is 9.18 Å². The van der Waals surface area contributed by atoms with Crippen molar-refractivity contribution in [2.75, 3.05) is 0 Å².